The Hall–Kier alpha value is -2.31. The van der Waals surface area contributed by atoms with Crippen molar-refractivity contribution in [3.8, 4) is 17.1 Å². The van der Waals surface area contributed by atoms with E-state index in [1.807, 2.05) is 0 Å². The summed E-state index contributed by atoms with van der Waals surface area (Å²) in [6.45, 7) is 0. The van der Waals surface area contributed by atoms with Crippen molar-refractivity contribution in [1.82, 2.24) is 9.97 Å². The Labute approximate surface area is 105 Å². The number of nitrogens with zero attached hydrogens (tertiary/aromatic N) is 1. The molecular formula is C12H9F3N2O2. The van der Waals surface area contributed by atoms with Gasteiger partial charge in [-0.1, -0.05) is 0 Å². The van der Waals surface area contributed by atoms with Crippen molar-refractivity contribution in [2.24, 2.45) is 0 Å². The molecule has 0 bridgehead atoms. The lowest BCUT2D eigenvalue weighted by molar-refractivity contribution is -0.137. The maximum atomic E-state index is 12.6. The molecule has 1 N–H and O–H groups in total. The van der Waals surface area contributed by atoms with Crippen LogP contribution in [-0.2, 0) is 6.18 Å². The van der Waals surface area contributed by atoms with Crippen molar-refractivity contribution in [3.05, 3.63) is 46.4 Å². The number of rotatable bonds is 2. The molecule has 19 heavy (non-hydrogen) atoms. The molecule has 0 atom stereocenters. The summed E-state index contributed by atoms with van der Waals surface area (Å²) >= 11 is 0. The third-order valence-corrected chi connectivity index (χ3v) is 2.42. The maximum Gasteiger partial charge on any atom is 0.416 e. The number of aromatic amines is 1. The fourth-order valence-electron chi connectivity index (χ4n) is 1.59. The van der Waals surface area contributed by atoms with Crippen molar-refractivity contribution in [3.63, 3.8) is 0 Å². The second-order valence-electron chi connectivity index (χ2n) is 3.70. The lowest BCUT2D eigenvalue weighted by Crippen LogP contribution is -2.14. The summed E-state index contributed by atoms with van der Waals surface area (Å²) < 4.78 is 42.9. The topological polar surface area (TPSA) is 55.0 Å². The number of hydrogen-bond acceptors (Lipinski definition) is 3. The fourth-order valence-corrected chi connectivity index (χ4v) is 1.59. The lowest BCUT2D eigenvalue weighted by Gasteiger charge is -2.10. The minimum Gasteiger partial charge on any atom is -0.494 e. The third kappa shape index (κ3) is 2.75. The van der Waals surface area contributed by atoms with Crippen LogP contribution in [0.1, 0.15) is 5.56 Å². The number of ether oxygens (including phenoxy) is 1. The average Bonchev–Trinajstić information content (AvgIpc) is 2.37. The van der Waals surface area contributed by atoms with Gasteiger partial charge in [0.2, 0.25) is 5.56 Å². The van der Waals surface area contributed by atoms with Crippen LogP contribution in [0.25, 0.3) is 11.4 Å². The van der Waals surface area contributed by atoms with Crippen LogP contribution in [0.4, 0.5) is 13.2 Å². The monoisotopic (exact) mass is 270 g/mol. The second kappa shape index (κ2) is 4.75. The molecule has 2 rings (SSSR count). The van der Waals surface area contributed by atoms with Gasteiger partial charge in [0.25, 0.3) is 0 Å². The number of H-pyrrole nitrogens is 1. The number of alkyl halides is 3. The number of methoxy groups -OCH3 is 1. The summed E-state index contributed by atoms with van der Waals surface area (Å²) in [7, 11) is 1.37. The zero-order valence-electron chi connectivity index (χ0n) is 9.78. The number of halogens is 3. The van der Waals surface area contributed by atoms with Crippen molar-refractivity contribution in [2.45, 2.75) is 6.18 Å². The predicted molar refractivity (Wildman–Crippen MR) is 61.8 cm³/mol. The summed E-state index contributed by atoms with van der Waals surface area (Å²) in [6.07, 6.45) is -3.19. The molecule has 0 saturated carbocycles. The van der Waals surface area contributed by atoms with Gasteiger partial charge in [-0.3, -0.25) is 9.78 Å². The summed E-state index contributed by atoms with van der Waals surface area (Å²) in [5.41, 5.74) is -1.78. The summed E-state index contributed by atoms with van der Waals surface area (Å²) in [5.74, 6) is 0.275. The highest BCUT2D eigenvalue weighted by Crippen LogP contribution is 2.32. The highest BCUT2D eigenvalue weighted by molar-refractivity contribution is 5.62. The van der Waals surface area contributed by atoms with Crippen LogP contribution >= 0.6 is 0 Å². The lowest BCUT2D eigenvalue weighted by atomic mass is 10.1. The average molecular weight is 270 g/mol. The fraction of sp³-hybridized carbons (Fsp3) is 0.167. The number of nitrogens with one attached hydrogen (secondary N) is 1. The van der Waals surface area contributed by atoms with Crippen LogP contribution in [-0.4, -0.2) is 17.1 Å². The molecule has 0 aromatic carbocycles. The third-order valence-electron chi connectivity index (χ3n) is 2.42. The van der Waals surface area contributed by atoms with Gasteiger partial charge in [-0.05, 0) is 18.2 Å². The van der Waals surface area contributed by atoms with Crippen LogP contribution < -0.4 is 10.3 Å². The van der Waals surface area contributed by atoms with E-state index in [0.717, 1.165) is 6.07 Å². The molecule has 0 spiro atoms. The molecule has 0 amide bonds. The highest BCUT2D eigenvalue weighted by Gasteiger charge is 2.31. The van der Waals surface area contributed by atoms with E-state index in [1.54, 1.807) is 12.1 Å². The van der Waals surface area contributed by atoms with Gasteiger partial charge in [-0.15, -0.1) is 0 Å². The van der Waals surface area contributed by atoms with Crippen molar-refractivity contribution < 1.29 is 17.9 Å². The quantitative estimate of drug-likeness (QED) is 0.912. The van der Waals surface area contributed by atoms with Gasteiger partial charge in [-0.2, -0.15) is 13.2 Å². The Morgan fingerprint density at radius 1 is 1.32 bits per heavy atom. The van der Waals surface area contributed by atoms with Crippen LogP contribution in [0, 0.1) is 0 Å². The maximum absolute atomic E-state index is 12.6. The van der Waals surface area contributed by atoms with Crippen LogP contribution in [0.5, 0.6) is 5.75 Å². The molecule has 2 aromatic heterocycles. The van der Waals surface area contributed by atoms with Gasteiger partial charge in [0.05, 0.1) is 18.4 Å². The molecule has 0 aliphatic rings. The summed E-state index contributed by atoms with van der Waals surface area (Å²) in [5, 5.41) is 0. The molecule has 4 nitrogen and oxygen atoms in total. The van der Waals surface area contributed by atoms with E-state index in [0.29, 0.717) is 6.07 Å². The van der Waals surface area contributed by atoms with Gasteiger partial charge in [0.1, 0.15) is 11.4 Å². The van der Waals surface area contributed by atoms with Gasteiger partial charge < -0.3 is 9.72 Å². The Morgan fingerprint density at radius 3 is 2.68 bits per heavy atom. The van der Waals surface area contributed by atoms with E-state index in [-0.39, 0.29) is 17.1 Å². The SMILES string of the molecule is COc1cccnc1-c1cc(C(F)(F)F)cc(=O)[nH]1. The molecule has 0 radical (unpaired) electrons. The highest BCUT2D eigenvalue weighted by atomic mass is 19.4. The number of pyridine rings is 2. The standard InChI is InChI=1S/C12H9F3N2O2/c1-19-9-3-2-4-16-11(9)8-5-7(12(13,14)15)6-10(18)17-8/h2-6H,1H3,(H,17,18). The number of hydrogen-bond donors (Lipinski definition) is 1. The van der Waals surface area contributed by atoms with Crippen LogP contribution in [0.15, 0.2) is 35.3 Å². The molecule has 0 aliphatic heterocycles. The second-order valence-corrected chi connectivity index (χ2v) is 3.70. The zero-order chi connectivity index (χ0) is 14.0. The van der Waals surface area contributed by atoms with Crippen molar-refractivity contribution in [1.29, 1.82) is 0 Å². The van der Waals surface area contributed by atoms with Gasteiger partial charge in [0, 0.05) is 12.3 Å². The molecule has 0 unspecified atom stereocenters. The van der Waals surface area contributed by atoms with E-state index in [1.165, 1.54) is 13.3 Å². The first kappa shape index (κ1) is 13.1. The molecule has 2 aromatic rings. The summed E-state index contributed by atoms with van der Waals surface area (Å²) in [6, 6.07) is 4.44. The molecule has 0 fully saturated rings. The number of aromatic nitrogens is 2. The van der Waals surface area contributed by atoms with E-state index in [9.17, 15) is 18.0 Å². The normalized spacial score (nSPS) is 11.4. The van der Waals surface area contributed by atoms with E-state index >= 15 is 0 Å². The smallest absolute Gasteiger partial charge is 0.416 e. The van der Waals surface area contributed by atoms with Gasteiger partial charge in [0.15, 0.2) is 0 Å². The van der Waals surface area contributed by atoms with Gasteiger partial charge in [-0.25, -0.2) is 0 Å². The Kier molecular flexibility index (Phi) is 3.28. The summed E-state index contributed by atoms with van der Waals surface area (Å²) in [4.78, 5) is 17.5. The molecule has 2 heterocycles. The van der Waals surface area contributed by atoms with Crippen molar-refractivity contribution >= 4 is 0 Å². The molecule has 0 aliphatic carbocycles. The zero-order valence-corrected chi connectivity index (χ0v) is 9.78. The van der Waals surface area contributed by atoms with E-state index in [2.05, 4.69) is 9.97 Å². The first-order valence-electron chi connectivity index (χ1n) is 5.23. The van der Waals surface area contributed by atoms with Crippen molar-refractivity contribution in [2.75, 3.05) is 7.11 Å². The Morgan fingerprint density at radius 2 is 2.05 bits per heavy atom. The largest absolute Gasteiger partial charge is 0.494 e. The van der Waals surface area contributed by atoms with E-state index < -0.39 is 17.3 Å². The molecular weight excluding hydrogens is 261 g/mol. The minimum atomic E-state index is -4.59. The predicted octanol–water partition coefficient (Wildman–Crippen LogP) is 2.46. The Balaban J connectivity index is 2.63. The Bertz CT molecular complexity index is 650. The first-order valence-corrected chi connectivity index (χ1v) is 5.23. The molecule has 0 saturated heterocycles. The minimum absolute atomic E-state index is 0.0442. The molecule has 7 heteroatoms. The van der Waals surface area contributed by atoms with Crippen LogP contribution in [0.3, 0.4) is 0 Å². The molecule has 100 valence electrons. The van der Waals surface area contributed by atoms with Gasteiger partial charge >= 0.3 is 6.18 Å². The first-order chi connectivity index (χ1) is 8.91. The van der Waals surface area contributed by atoms with E-state index in [4.69, 9.17) is 4.74 Å². The van der Waals surface area contributed by atoms with Crippen LogP contribution in [0.2, 0.25) is 0 Å².